The normalized spacial score (nSPS) is 35.6. The number of ether oxygens (including phenoxy) is 1. The van der Waals surface area contributed by atoms with Crippen molar-refractivity contribution in [1.82, 2.24) is 0 Å². The molecule has 2 aliphatic rings. The van der Waals surface area contributed by atoms with Crippen molar-refractivity contribution in [2.75, 3.05) is 19.0 Å². The predicted molar refractivity (Wildman–Crippen MR) is 72.1 cm³/mol. The summed E-state index contributed by atoms with van der Waals surface area (Å²) in [7, 11) is -3.03. The van der Waals surface area contributed by atoms with E-state index in [0.717, 1.165) is 38.7 Å². The Morgan fingerprint density at radius 2 is 2.11 bits per heavy atom. The molecule has 4 atom stereocenters. The fourth-order valence-electron chi connectivity index (χ4n) is 3.14. The molecule has 106 valence electrons. The lowest BCUT2D eigenvalue weighted by atomic mass is 9.91. The zero-order valence-corrected chi connectivity index (χ0v) is 12.0. The monoisotopic (exact) mass is 275 g/mol. The Balaban J connectivity index is 1.93. The molecule has 0 bridgehead atoms. The van der Waals surface area contributed by atoms with E-state index in [4.69, 9.17) is 10.5 Å². The zero-order chi connectivity index (χ0) is 13.2. The molecule has 0 aromatic rings. The van der Waals surface area contributed by atoms with Crippen molar-refractivity contribution < 1.29 is 13.2 Å². The first kappa shape index (κ1) is 14.3. The highest BCUT2D eigenvalue weighted by Gasteiger charge is 2.34. The third-order valence-corrected chi connectivity index (χ3v) is 6.68. The molecule has 1 aliphatic carbocycles. The van der Waals surface area contributed by atoms with Crippen LogP contribution in [0.4, 0.5) is 0 Å². The van der Waals surface area contributed by atoms with Crippen LogP contribution in [-0.2, 0) is 14.6 Å². The number of sulfone groups is 1. The van der Waals surface area contributed by atoms with Gasteiger partial charge in [0.05, 0.1) is 17.6 Å². The van der Waals surface area contributed by atoms with E-state index in [1.54, 1.807) is 0 Å². The summed E-state index contributed by atoms with van der Waals surface area (Å²) in [5.74, 6) is 0.892. The minimum absolute atomic E-state index is 0.137. The van der Waals surface area contributed by atoms with E-state index in [2.05, 4.69) is 6.92 Å². The molecule has 0 radical (unpaired) electrons. The van der Waals surface area contributed by atoms with Gasteiger partial charge in [-0.2, -0.15) is 0 Å². The molecule has 2 rings (SSSR count). The van der Waals surface area contributed by atoms with Crippen LogP contribution >= 0.6 is 0 Å². The van der Waals surface area contributed by atoms with Gasteiger partial charge >= 0.3 is 0 Å². The fraction of sp³-hybridized carbons (Fsp3) is 1.00. The van der Waals surface area contributed by atoms with Crippen LogP contribution in [0, 0.1) is 11.8 Å². The zero-order valence-electron chi connectivity index (χ0n) is 11.2. The Bertz CT molecular complexity index is 362. The second-order valence-corrected chi connectivity index (χ2v) is 8.34. The molecule has 0 aromatic carbocycles. The second kappa shape index (κ2) is 5.88. The second-order valence-electron chi connectivity index (χ2n) is 6.01. The molecular weight excluding hydrogens is 250 g/mol. The van der Waals surface area contributed by atoms with Crippen molar-refractivity contribution in [2.45, 2.75) is 50.3 Å². The third-order valence-electron chi connectivity index (χ3n) is 4.39. The van der Waals surface area contributed by atoms with Gasteiger partial charge < -0.3 is 10.5 Å². The topological polar surface area (TPSA) is 69.4 Å². The van der Waals surface area contributed by atoms with Crippen LogP contribution in [0.2, 0.25) is 0 Å². The maximum Gasteiger partial charge on any atom is 0.154 e. The third kappa shape index (κ3) is 3.45. The summed E-state index contributed by atoms with van der Waals surface area (Å²) >= 11 is 0. The van der Waals surface area contributed by atoms with Crippen LogP contribution in [0.5, 0.6) is 0 Å². The van der Waals surface area contributed by atoms with E-state index in [-0.39, 0.29) is 23.0 Å². The standard InChI is InChI=1S/C13H25NO3S/c1-10-3-2-4-12(7-10)18(15,16)9-13(14)11-5-6-17-8-11/h10-13H,2-9,14H2,1H3. The molecule has 4 unspecified atom stereocenters. The summed E-state index contributed by atoms with van der Waals surface area (Å²) in [5.41, 5.74) is 6.05. The van der Waals surface area contributed by atoms with Gasteiger partial charge in [0.25, 0.3) is 0 Å². The Kier molecular flexibility index (Phi) is 4.67. The first-order valence-electron chi connectivity index (χ1n) is 7.04. The molecule has 0 spiro atoms. The van der Waals surface area contributed by atoms with Crippen LogP contribution in [0.3, 0.4) is 0 Å². The fourth-order valence-corrected chi connectivity index (χ4v) is 5.36. The molecular formula is C13H25NO3S. The molecule has 2 N–H and O–H groups in total. The Labute approximate surface area is 110 Å². The minimum atomic E-state index is -3.03. The SMILES string of the molecule is CC1CCCC(S(=O)(=O)CC(N)C2CCOC2)C1. The predicted octanol–water partition coefficient (Wildman–Crippen LogP) is 1.34. The van der Waals surface area contributed by atoms with Gasteiger partial charge in [-0.3, -0.25) is 0 Å². The van der Waals surface area contributed by atoms with E-state index < -0.39 is 9.84 Å². The highest BCUT2D eigenvalue weighted by molar-refractivity contribution is 7.92. The van der Waals surface area contributed by atoms with Crippen molar-refractivity contribution in [3.63, 3.8) is 0 Å². The average Bonchev–Trinajstić information content (AvgIpc) is 2.82. The van der Waals surface area contributed by atoms with E-state index in [1.165, 1.54) is 0 Å². The van der Waals surface area contributed by atoms with Gasteiger partial charge in [0.1, 0.15) is 0 Å². The van der Waals surface area contributed by atoms with E-state index in [1.807, 2.05) is 0 Å². The lowest BCUT2D eigenvalue weighted by molar-refractivity contribution is 0.182. The summed E-state index contributed by atoms with van der Waals surface area (Å²) in [6, 6.07) is -0.255. The minimum Gasteiger partial charge on any atom is -0.381 e. The molecule has 5 heteroatoms. The first-order valence-corrected chi connectivity index (χ1v) is 8.75. The highest BCUT2D eigenvalue weighted by atomic mass is 32.2. The summed E-state index contributed by atoms with van der Waals surface area (Å²) in [5, 5.41) is -0.158. The molecule has 1 heterocycles. The van der Waals surface area contributed by atoms with Gasteiger partial charge in [0, 0.05) is 18.6 Å². The van der Waals surface area contributed by atoms with Gasteiger partial charge in [-0.25, -0.2) is 8.42 Å². The van der Waals surface area contributed by atoms with Gasteiger partial charge in [-0.1, -0.05) is 19.8 Å². The quantitative estimate of drug-likeness (QED) is 0.840. The highest BCUT2D eigenvalue weighted by Crippen LogP contribution is 2.29. The van der Waals surface area contributed by atoms with Gasteiger partial charge in [-0.05, 0) is 25.2 Å². The molecule has 1 saturated carbocycles. The van der Waals surface area contributed by atoms with Crippen LogP contribution < -0.4 is 5.73 Å². The van der Waals surface area contributed by atoms with Crippen LogP contribution in [0.15, 0.2) is 0 Å². The lowest BCUT2D eigenvalue weighted by Crippen LogP contribution is -2.41. The van der Waals surface area contributed by atoms with Crippen molar-refractivity contribution in [1.29, 1.82) is 0 Å². The largest absolute Gasteiger partial charge is 0.381 e. The summed E-state index contributed by atoms with van der Waals surface area (Å²) in [4.78, 5) is 0. The summed E-state index contributed by atoms with van der Waals surface area (Å²) in [6.07, 6.45) is 4.73. The lowest BCUT2D eigenvalue weighted by Gasteiger charge is -2.28. The number of nitrogens with two attached hydrogens (primary N) is 1. The van der Waals surface area contributed by atoms with E-state index >= 15 is 0 Å². The van der Waals surface area contributed by atoms with Crippen molar-refractivity contribution >= 4 is 9.84 Å². The maximum absolute atomic E-state index is 12.4. The van der Waals surface area contributed by atoms with Crippen LogP contribution in [0.1, 0.15) is 39.0 Å². The van der Waals surface area contributed by atoms with Gasteiger partial charge in [0.2, 0.25) is 0 Å². The molecule has 0 aromatic heterocycles. The summed E-state index contributed by atoms with van der Waals surface area (Å²) in [6.45, 7) is 3.49. The Morgan fingerprint density at radius 3 is 2.72 bits per heavy atom. The smallest absolute Gasteiger partial charge is 0.154 e. The van der Waals surface area contributed by atoms with Crippen LogP contribution in [0.25, 0.3) is 0 Å². The van der Waals surface area contributed by atoms with Gasteiger partial charge in [0.15, 0.2) is 9.84 Å². The van der Waals surface area contributed by atoms with Gasteiger partial charge in [-0.15, -0.1) is 0 Å². The van der Waals surface area contributed by atoms with Crippen LogP contribution in [-0.4, -0.2) is 38.7 Å². The summed E-state index contributed by atoms with van der Waals surface area (Å²) < 4.78 is 30.0. The van der Waals surface area contributed by atoms with E-state index in [0.29, 0.717) is 12.5 Å². The molecule has 4 nitrogen and oxygen atoms in total. The van der Waals surface area contributed by atoms with Crippen molar-refractivity contribution in [3.8, 4) is 0 Å². The van der Waals surface area contributed by atoms with Crippen molar-refractivity contribution in [2.24, 2.45) is 17.6 Å². The van der Waals surface area contributed by atoms with E-state index in [9.17, 15) is 8.42 Å². The number of hydrogen-bond donors (Lipinski definition) is 1. The molecule has 0 amide bonds. The molecule has 2 fully saturated rings. The average molecular weight is 275 g/mol. The molecule has 1 aliphatic heterocycles. The molecule has 18 heavy (non-hydrogen) atoms. The Morgan fingerprint density at radius 1 is 1.33 bits per heavy atom. The number of rotatable bonds is 4. The van der Waals surface area contributed by atoms with Crippen molar-refractivity contribution in [3.05, 3.63) is 0 Å². The molecule has 1 saturated heterocycles. The first-order chi connectivity index (χ1) is 8.49. The Hall–Kier alpha value is -0.130. The maximum atomic E-state index is 12.4. The number of hydrogen-bond acceptors (Lipinski definition) is 4.